The number of likely N-dealkylation sites (tertiary alicyclic amines) is 1. The number of imide groups is 1. The van der Waals surface area contributed by atoms with E-state index in [0.29, 0.717) is 69.3 Å². The molecule has 0 radical (unpaired) electrons. The summed E-state index contributed by atoms with van der Waals surface area (Å²) in [5, 5.41) is 0. The second-order valence-corrected chi connectivity index (χ2v) is 9.64. The second-order valence-electron chi connectivity index (χ2n) is 9.64. The molecule has 3 aliphatic heterocycles. The van der Waals surface area contributed by atoms with Gasteiger partial charge in [-0.2, -0.15) is 0 Å². The van der Waals surface area contributed by atoms with E-state index in [1.54, 1.807) is 19.1 Å². The van der Waals surface area contributed by atoms with E-state index in [1.165, 1.54) is 17.0 Å². The van der Waals surface area contributed by atoms with Gasteiger partial charge >= 0.3 is 6.03 Å². The lowest BCUT2D eigenvalue weighted by Crippen LogP contribution is -2.57. The zero-order valence-corrected chi connectivity index (χ0v) is 21.2. The van der Waals surface area contributed by atoms with E-state index in [2.05, 4.69) is 4.90 Å². The number of nitrogens with zero attached hydrogens (tertiary/aromatic N) is 3. The average molecular weight is 514 g/mol. The molecule has 0 aromatic heterocycles. The van der Waals surface area contributed by atoms with Gasteiger partial charge in [0.2, 0.25) is 0 Å². The fourth-order valence-electron chi connectivity index (χ4n) is 5.55. The Kier molecular flexibility index (Phi) is 7.32. The van der Waals surface area contributed by atoms with Crippen LogP contribution < -0.4 is 9.47 Å². The van der Waals surface area contributed by atoms with E-state index in [9.17, 15) is 14.0 Å². The van der Waals surface area contributed by atoms with Gasteiger partial charge in [0.25, 0.3) is 5.91 Å². The van der Waals surface area contributed by atoms with Crippen molar-refractivity contribution in [3.63, 3.8) is 0 Å². The molecule has 0 atom stereocenters. The molecule has 0 saturated carbocycles. The third-order valence-electron chi connectivity index (χ3n) is 7.44. The minimum Gasteiger partial charge on any atom is -0.497 e. The first-order chi connectivity index (χ1) is 17.9. The van der Waals surface area contributed by atoms with E-state index < -0.39 is 5.54 Å². The number of hydrogen-bond acceptors (Lipinski definition) is 7. The third-order valence-corrected chi connectivity index (χ3v) is 7.44. The van der Waals surface area contributed by atoms with Gasteiger partial charge in [-0.25, -0.2) is 9.18 Å². The second kappa shape index (κ2) is 10.6. The summed E-state index contributed by atoms with van der Waals surface area (Å²) in [6, 6.07) is 10.0. The molecule has 5 rings (SSSR count). The Labute approximate surface area is 215 Å². The lowest BCUT2D eigenvalue weighted by molar-refractivity contribution is -0.136. The first-order valence-corrected chi connectivity index (χ1v) is 12.4. The van der Waals surface area contributed by atoms with Crippen molar-refractivity contribution in [2.45, 2.75) is 38.1 Å². The molecule has 3 aliphatic rings. The molecule has 3 heterocycles. The number of fused-ring (bicyclic) bond motifs is 1. The van der Waals surface area contributed by atoms with Crippen molar-refractivity contribution in [3.8, 4) is 11.5 Å². The fraction of sp³-hybridized carbons (Fsp3) is 0.481. The minimum absolute atomic E-state index is 0.142. The summed E-state index contributed by atoms with van der Waals surface area (Å²) in [7, 11) is 3.17. The lowest BCUT2D eigenvalue weighted by Gasteiger charge is -2.42. The van der Waals surface area contributed by atoms with Gasteiger partial charge in [-0.15, -0.1) is 0 Å². The Balaban J connectivity index is 1.33. The number of urea groups is 1. The molecule has 0 aliphatic carbocycles. The van der Waals surface area contributed by atoms with E-state index in [0.717, 1.165) is 11.1 Å². The molecular weight excluding hydrogens is 481 g/mol. The summed E-state index contributed by atoms with van der Waals surface area (Å²) in [5.74, 6) is 0.837. The van der Waals surface area contributed by atoms with Crippen LogP contribution in [-0.4, -0.2) is 79.4 Å². The molecule has 0 N–H and O–H groups in total. The number of amides is 3. The standard InChI is InChI=1S/C27H32FN3O6/c1-34-11-10-31-26(33)30(15-19-4-3-5-23(12-19)35-2)25(32)27(31)6-8-29(9-7-27)16-20-13-22(28)14-21-17-36-18-37-24(20)21/h3-5,12-14H,6-11,15-18H2,1-2H3. The Morgan fingerprint density at radius 1 is 1.08 bits per heavy atom. The average Bonchev–Trinajstić information content (AvgIpc) is 3.09. The zero-order valence-electron chi connectivity index (χ0n) is 21.2. The van der Waals surface area contributed by atoms with Crippen LogP contribution in [0, 0.1) is 5.82 Å². The van der Waals surface area contributed by atoms with Crippen LogP contribution in [-0.2, 0) is 34.0 Å². The number of piperidine rings is 1. The number of halogens is 1. The molecule has 2 saturated heterocycles. The highest BCUT2D eigenvalue weighted by Crippen LogP contribution is 2.39. The highest BCUT2D eigenvalue weighted by atomic mass is 19.1. The molecule has 9 nitrogen and oxygen atoms in total. The SMILES string of the molecule is COCCN1C(=O)N(Cc2cccc(OC)c2)C(=O)C12CCN(Cc1cc(F)cc3c1OCOC3)CC2. The van der Waals surface area contributed by atoms with Crippen molar-refractivity contribution in [1.29, 1.82) is 0 Å². The Morgan fingerprint density at radius 3 is 2.65 bits per heavy atom. The van der Waals surface area contributed by atoms with Crippen LogP contribution in [0.4, 0.5) is 9.18 Å². The van der Waals surface area contributed by atoms with Crippen molar-refractivity contribution < 1.29 is 32.9 Å². The quantitative estimate of drug-likeness (QED) is 0.502. The van der Waals surface area contributed by atoms with Crippen molar-refractivity contribution in [2.75, 3.05) is 47.3 Å². The number of ether oxygens (including phenoxy) is 4. The molecule has 0 unspecified atom stereocenters. The first kappa shape index (κ1) is 25.4. The van der Waals surface area contributed by atoms with Crippen molar-refractivity contribution in [3.05, 3.63) is 58.9 Å². The number of hydrogen-bond donors (Lipinski definition) is 0. The van der Waals surface area contributed by atoms with Gasteiger partial charge in [0.15, 0.2) is 6.79 Å². The Morgan fingerprint density at radius 2 is 1.89 bits per heavy atom. The molecule has 2 aromatic rings. The van der Waals surface area contributed by atoms with Gasteiger partial charge in [0, 0.05) is 44.4 Å². The molecule has 2 aromatic carbocycles. The predicted octanol–water partition coefficient (Wildman–Crippen LogP) is 3.15. The minimum atomic E-state index is -0.920. The summed E-state index contributed by atoms with van der Waals surface area (Å²) in [6.45, 7) is 2.96. The van der Waals surface area contributed by atoms with Crippen molar-refractivity contribution >= 4 is 11.9 Å². The Bertz CT molecular complexity index is 1170. The highest BCUT2D eigenvalue weighted by Gasteiger charge is 2.57. The number of rotatable bonds is 8. The van der Waals surface area contributed by atoms with Crippen LogP contribution in [0.1, 0.15) is 29.5 Å². The highest BCUT2D eigenvalue weighted by molar-refractivity contribution is 6.07. The predicted molar refractivity (Wildman–Crippen MR) is 131 cm³/mol. The number of carbonyl (C=O) groups is 2. The smallest absolute Gasteiger partial charge is 0.328 e. The molecule has 0 bridgehead atoms. The Hall–Kier alpha value is -3.21. The molecule has 198 valence electrons. The summed E-state index contributed by atoms with van der Waals surface area (Å²) >= 11 is 0. The first-order valence-electron chi connectivity index (χ1n) is 12.4. The van der Waals surface area contributed by atoms with Crippen LogP contribution in [0.2, 0.25) is 0 Å². The summed E-state index contributed by atoms with van der Waals surface area (Å²) in [4.78, 5) is 32.5. The van der Waals surface area contributed by atoms with Crippen molar-refractivity contribution in [2.24, 2.45) is 0 Å². The van der Waals surface area contributed by atoms with E-state index in [1.807, 2.05) is 24.3 Å². The fourth-order valence-corrected chi connectivity index (χ4v) is 5.55. The van der Waals surface area contributed by atoms with Crippen LogP contribution in [0.3, 0.4) is 0 Å². The van der Waals surface area contributed by atoms with Gasteiger partial charge in [-0.3, -0.25) is 14.6 Å². The van der Waals surface area contributed by atoms with Crippen LogP contribution in [0.15, 0.2) is 36.4 Å². The number of benzene rings is 2. The van der Waals surface area contributed by atoms with Crippen LogP contribution >= 0.6 is 0 Å². The number of methoxy groups -OCH3 is 2. The molecule has 2 fully saturated rings. The zero-order chi connectivity index (χ0) is 26.0. The van der Waals surface area contributed by atoms with E-state index >= 15 is 0 Å². The molecular formula is C27H32FN3O6. The molecule has 10 heteroatoms. The third kappa shape index (κ3) is 4.88. The van der Waals surface area contributed by atoms with Gasteiger partial charge < -0.3 is 23.8 Å². The van der Waals surface area contributed by atoms with Crippen LogP contribution in [0.25, 0.3) is 0 Å². The maximum Gasteiger partial charge on any atom is 0.328 e. The number of carbonyl (C=O) groups excluding carboxylic acids is 2. The van der Waals surface area contributed by atoms with Gasteiger partial charge in [-0.1, -0.05) is 12.1 Å². The van der Waals surface area contributed by atoms with Crippen LogP contribution in [0.5, 0.6) is 11.5 Å². The van der Waals surface area contributed by atoms with E-state index in [4.69, 9.17) is 18.9 Å². The van der Waals surface area contributed by atoms with Gasteiger partial charge in [0.05, 0.1) is 26.9 Å². The summed E-state index contributed by atoms with van der Waals surface area (Å²) in [5.41, 5.74) is 1.36. The lowest BCUT2D eigenvalue weighted by atomic mass is 9.85. The molecule has 1 spiro atoms. The molecule has 3 amide bonds. The topological polar surface area (TPSA) is 80.8 Å². The molecule has 37 heavy (non-hydrogen) atoms. The van der Waals surface area contributed by atoms with Gasteiger partial charge in [-0.05, 0) is 42.7 Å². The summed E-state index contributed by atoms with van der Waals surface area (Å²) < 4.78 is 35.8. The summed E-state index contributed by atoms with van der Waals surface area (Å²) in [6.07, 6.45) is 0.967. The van der Waals surface area contributed by atoms with Gasteiger partial charge in [0.1, 0.15) is 22.9 Å². The monoisotopic (exact) mass is 513 g/mol. The van der Waals surface area contributed by atoms with Crippen molar-refractivity contribution in [1.82, 2.24) is 14.7 Å². The maximum atomic E-state index is 14.2. The normalized spacial score (nSPS) is 19.3. The van der Waals surface area contributed by atoms with E-state index in [-0.39, 0.29) is 31.1 Å². The maximum absolute atomic E-state index is 14.2. The largest absolute Gasteiger partial charge is 0.497 e.